The summed E-state index contributed by atoms with van der Waals surface area (Å²) >= 11 is 7.92. The second-order valence-electron chi connectivity index (χ2n) is 6.33. The average Bonchev–Trinajstić information content (AvgIpc) is 3.18. The zero-order valence-electron chi connectivity index (χ0n) is 12.8. The van der Waals surface area contributed by atoms with Crippen molar-refractivity contribution in [2.45, 2.75) is 38.3 Å². The molecule has 2 aliphatic heterocycles. The molecule has 2 saturated heterocycles. The molecule has 6 heteroatoms. The van der Waals surface area contributed by atoms with Crippen molar-refractivity contribution in [3.8, 4) is 0 Å². The summed E-state index contributed by atoms with van der Waals surface area (Å²) in [6.45, 7) is 4.88. The van der Waals surface area contributed by atoms with E-state index in [4.69, 9.17) is 11.6 Å². The zero-order valence-corrected chi connectivity index (χ0v) is 14.4. The summed E-state index contributed by atoms with van der Waals surface area (Å²) in [4.78, 5) is 15.8. The maximum atomic E-state index is 12.1. The molecule has 2 fully saturated rings. The minimum Gasteiger partial charge on any atom is -0.354 e. The van der Waals surface area contributed by atoms with Gasteiger partial charge in [0.25, 0.3) is 0 Å². The van der Waals surface area contributed by atoms with Crippen LogP contribution in [0, 0.1) is 5.92 Å². The smallest absolute Gasteiger partial charge is 0.237 e. The molecule has 3 rings (SSSR count). The number of carbonyl (C=O) groups is 1. The number of amides is 1. The maximum Gasteiger partial charge on any atom is 0.237 e. The minimum absolute atomic E-state index is 0.0321. The van der Waals surface area contributed by atoms with Gasteiger partial charge in [-0.05, 0) is 56.1 Å². The highest BCUT2D eigenvalue weighted by atomic mass is 35.5. The monoisotopic (exact) mass is 341 g/mol. The molecule has 2 atom stereocenters. The molecule has 0 aromatic carbocycles. The number of hydrogen-bond donors (Lipinski definition) is 2. The van der Waals surface area contributed by atoms with Crippen molar-refractivity contribution < 1.29 is 4.79 Å². The van der Waals surface area contributed by atoms with E-state index >= 15 is 0 Å². The van der Waals surface area contributed by atoms with Crippen LogP contribution in [-0.2, 0) is 11.3 Å². The lowest BCUT2D eigenvalue weighted by molar-refractivity contribution is -0.123. The Hall–Kier alpha value is -0.620. The normalized spacial score (nSPS) is 26.2. The minimum atomic E-state index is 0.0321. The molecule has 2 N–H and O–H groups in total. The Bertz CT molecular complexity index is 501. The van der Waals surface area contributed by atoms with Gasteiger partial charge in [0, 0.05) is 24.5 Å². The number of hydrogen-bond acceptors (Lipinski definition) is 4. The summed E-state index contributed by atoms with van der Waals surface area (Å²) in [5, 5.41) is 9.32. The van der Waals surface area contributed by atoms with Crippen LogP contribution in [0.5, 0.6) is 0 Å². The predicted octanol–water partition coefficient (Wildman–Crippen LogP) is 2.48. The second-order valence-corrected chi connectivity index (χ2v) is 7.74. The third-order valence-corrected chi connectivity index (χ3v) is 5.98. The van der Waals surface area contributed by atoms with Crippen molar-refractivity contribution in [3.63, 3.8) is 0 Å². The predicted molar refractivity (Wildman–Crippen MR) is 91.4 cm³/mol. The molecule has 0 saturated carbocycles. The van der Waals surface area contributed by atoms with E-state index in [0.29, 0.717) is 5.92 Å². The Morgan fingerprint density at radius 3 is 3.09 bits per heavy atom. The highest BCUT2D eigenvalue weighted by Gasteiger charge is 2.25. The Morgan fingerprint density at radius 2 is 2.36 bits per heavy atom. The van der Waals surface area contributed by atoms with Crippen molar-refractivity contribution in [1.29, 1.82) is 0 Å². The van der Waals surface area contributed by atoms with Gasteiger partial charge in [-0.15, -0.1) is 11.3 Å². The Balaban J connectivity index is 1.44. The lowest BCUT2D eigenvalue weighted by Gasteiger charge is -2.32. The molecule has 0 spiro atoms. The summed E-state index contributed by atoms with van der Waals surface area (Å²) in [7, 11) is 0. The van der Waals surface area contributed by atoms with Crippen LogP contribution in [0.2, 0.25) is 5.02 Å². The molecule has 1 aromatic rings. The molecule has 1 amide bonds. The molecule has 2 aliphatic rings. The fourth-order valence-electron chi connectivity index (χ4n) is 3.38. The third-order valence-electron chi connectivity index (χ3n) is 4.60. The first-order chi connectivity index (χ1) is 10.7. The first-order valence-electron chi connectivity index (χ1n) is 8.17. The molecule has 2 unspecified atom stereocenters. The zero-order chi connectivity index (χ0) is 15.4. The number of halogens is 1. The summed E-state index contributed by atoms with van der Waals surface area (Å²) in [6.07, 6.45) is 4.48. The van der Waals surface area contributed by atoms with Gasteiger partial charge >= 0.3 is 0 Å². The van der Waals surface area contributed by atoms with Crippen LogP contribution in [0.25, 0.3) is 0 Å². The molecule has 4 nitrogen and oxygen atoms in total. The molecule has 0 radical (unpaired) electrons. The van der Waals surface area contributed by atoms with Crippen molar-refractivity contribution in [2.75, 3.05) is 26.2 Å². The molecule has 3 heterocycles. The van der Waals surface area contributed by atoms with Crippen molar-refractivity contribution >= 4 is 28.8 Å². The molecular formula is C16H24ClN3OS. The van der Waals surface area contributed by atoms with Gasteiger partial charge in [0.05, 0.1) is 11.1 Å². The van der Waals surface area contributed by atoms with Crippen LogP contribution < -0.4 is 10.6 Å². The Kier molecular flexibility index (Phi) is 5.74. The first-order valence-corrected chi connectivity index (χ1v) is 9.43. The van der Waals surface area contributed by atoms with Gasteiger partial charge in [-0.3, -0.25) is 9.69 Å². The van der Waals surface area contributed by atoms with E-state index in [9.17, 15) is 4.79 Å². The quantitative estimate of drug-likeness (QED) is 0.864. The van der Waals surface area contributed by atoms with E-state index in [2.05, 4.69) is 15.5 Å². The molecule has 122 valence electrons. The lowest BCUT2D eigenvalue weighted by Crippen LogP contribution is -2.45. The van der Waals surface area contributed by atoms with Gasteiger partial charge in [-0.25, -0.2) is 0 Å². The number of thiophene rings is 1. The van der Waals surface area contributed by atoms with E-state index in [1.54, 1.807) is 11.3 Å². The molecule has 0 aliphatic carbocycles. The van der Waals surface area contributed by atoms with E-state index < -0.39 is 0 Å². The van der Waals surface area contributed by atoms with Crippen LogP contribution in [0.3, 0.4) is 0 Å². The Morgan fingerprint density at radius 1 is 1.45 bits per heavy atom. The summed E-state index contributed by atoms with van der Waals surface area (Å²) < 4.78 is 0. The number of piperidine rings is 1. The topological polar surface area (TPSA) is 44.4 Å². The van der Waals surface area contributed by atoms with Gasteiger partial charge in [-0.2, -0.15) is 0 Å². The fourth-order valence-corrected chi connectivity index (χ4v) is 4.52. The van der Waals surface area contributed by atoms with Gasteiger partial charge in [0.2, 0.25) is 5.91 Å². The van der Waals surface area contributed by atoms with Crippen LogP contribution in [0.4, 0.5) is 0 Å². The number of nitrogens with one attached hydrogen (secondary N) is 2. The molecule has 22 heavy (non-hydrogen) atoms. The highest BCUT2D eigenvalue weighted by molar-refractivity contribution is 7.10. The second kappa shape index (κ2) is 7.77. The summed E-state index contributed by atoms with van der Waals surface area (Å²) in [5.74, 6) is 0.730. The van der Waals surface area contributed by atoms with E-state index in [-0.39, 0.29) is 11.9 Å². The third kappa shape index (κ3) is 4.22. The van der Waals surface area contributed by atoms with Crippen LogP contribution in [0.15, 0.2) is 11.4 Å². The van der Waals surface area contributed by atoms with E-state index in [1.807, 2.05) is 11.4 Å². The van der Waals surface area contributed by atoms with Crippen LogP contribution >= 0.6 is 22.9 Å². The maximum absolute atomic E-state index is 12.1. The van der Waals surface area contributed by atoms with E-state index in [0.717, 1.165) is 50.6 Å². The van der Waals surface area contributed by atoms with E-state index in [1.165, 1.54) is 17.7 Å². The van der Waals surface area contributed by atoms with Crippen LogP contribution in [-0.4, -0.2) is 43.0 Å². The highest BCUT2D eigenvalue weighted by Crippen LogP contribution is 2.26. The van der Waals surface area contributed by atoms with Gasteiger partial charge < -0.3 is 10.6 Å². The molecule has 1 aromatic heterocycles. The average molecular weight is 342 g/mol. The molecular weight excluding hydrogens is 318 g/mol. The number of likely N-dealkylation sites (tertiary alicyclic amines) is 1. The summed E-state index contributed by atoms with van der Waals surface area (Å²) in [6, 6.07) is 2.00. The van der Waals surface area contributed by atoms with Gasteiger partial charge in [-0.1, -0.05) is 11.6 Å². The first kappa shape index (κ1) is 16.2. The summed E-state index contributed by atoms with van der Waals surface area (Å²) in [5.41, 5.74) is 0. The number of nitrogens with zero attached hydrogens (tertiary/aromatic N) is 1. The van der Waals surface area contributed by atoms with Crippen LogP contribution in [0.1, 0.15) is 30.6 Å². The lowest BCUT2D eigenvalue weighted by atomic mass is 9.97. The largest absolute Gasteiger partial charge is 0.354 e. The fraction of sp³-hybridized carbons (Fsp3) is 0.688. The Labute approximate surface area is 141 Å². The van der Waals surface area contributed by atoms with Gasteiger partial charge in [0.1, 0.15) is 0 Å². The van der Waals surface area contributed by atoms with Gasteiger partial charge in [0.15, 0.2) is 0 Å². The van der Waals surface area contributed by atoms with Crippen molar-refractivity contribution in [2.24, 2.45) is 5.92 Å². The standard InChI is InChI=1S/C16H24ClN3OS/c17-13-5-8-22-15(13)11-20-7-2-3-12(10-20)9-19-16(21)14-4-1-6-18-14/h5,8,12,14,18H,1-4,6-7,9-11H2,(H,19,21). The number of rotatable bonds is 5. The number of carbonyl (C=O) groups excluding carboxylic acids is 1. The van der Waals surface area contributed by atoms with Crippen molar-refractivity contribution in [1.82, 2.24) is 15.5 Å². The SMILES string of the molecule is O=C(NCC1CCCN(Cc2sccc2Cl)C1)C1CCCN1. The molecule has 0 bridgehead atoms. The van der Waals surface area contributed by atoms with Crippen molar-refractivity contribution in [3.05, 3.63) is 21.3 Å².